The summed E-state index contributed by atoms with van der Waals surface area (Å²) in [6, 6.07) is 0. The molecule has 2 aliphatic rings. The molecule has 1 aliphatic carbocycles. The van der Waals surface area contributed by atoms with Crippen molar-refractivity contribution in [2.24, 2.45) is 5.92 Å². The summed E-state index contributed by atoms with van der Waals surface area (Å²) in [5.41, 5.74) is -0.361. The monoisotopic (exact) mass is 171 g/mol. The summed E-state index contributed by atoms with van der Waals surface area (Å²) in [5, 5.41) is 11.2. The molecule has 0 aromatic rings. The molecule has 66 valence electrons. The van der Waals surface area contributed by atoms with E-state index in [1.54, 1.807) is 0 Å². The van der Waals surface area contributed by atoms with Crippen molar-refractivity contribution in [2.75, 3.05) is 6.61 Å². The van der Waals surface area contributed by atoms with Gasteiger partial charge >= 0.3 is 12.1 Å². The van der Waals surface area contributed by atoms with Crippen molar-refractivity contribution in [3.05, 3.63) is 0 Å². The van der Waals surface area contributed by atoms with Gasteiger partial charge < -0.3 is 15.2 Å². The number of nitrogens with one attached hydrogen (secondary N) is 1. The number of carbonyl (C=O) groups excluding carboxylic acids is 1. The summed E-state index contributed by atoms with van der Waals surface area (Å²) in [5.74, 6) is -1.10. The number of rotatable bonds is 1. The first-order valence-electron chi connectivity index (χ1n) is 3.79. The molecule has 0 unspecified atom stereocenters. The lowest BCUT2D eigenvalue weighted by Gasteiger charge is -2.40. The van der Waals surface area contributed by atoms with Crippen LogP contribution in [0, 0.1) is 5.92 Å². The summed E-state index contributed by atoms with van der Waals surface area (Å²) in [6.45, 7) is 0.315. The maximum Gasteiger partial charge on any atom is 0.407 e. The Labute approximate surface area is 68.7 Å². The highest BCUT2D eigenvalue weighted by Gasteiger charge is 2.52. The lowest BCUT2D eigenvalue weighted by atomic mass is 9.69. The molecule has 5 nitrogen and oxygen atoms in total. The fourth-order valence-electron chi connectivity index (χ4n) is 1.77. The molecule has 1 heterocycles. The molecule has 12 heavy (non-hydrogen) atoms. The maximum absolute atomic E-state index is 10.6. The predicted octanol–water partition coefficient (Wildman–Crippen LogP) is -0.0404. The van der Waals surface area contributed by atoms with Crippen LogP contribution >= 0.6 is 0 Å². The topological polar surface area (TPSA) is 75.6 Å². The molecule has 1 saturated carbocycles. The van der Waals surface area contributed by atoms with Crippen molar-refractivity contribution in [2.45, 2.75) is 18.4 Å². The number of carboxylic acid groups (broad SMARTS) is 1. The number of carboxylic acids is 1. The first-order valence-corrected chi connectivity index (χ1v) is 3.79. The third-order valence-electron chi connectivity index (χ3n) is 2.47. The van der Waals surface area contributed by atoms with E-state index in [0.717, 1.165) is 0 Å². The summed E-state index contributed by atoms with van der Waals surface area (Å²) in [7, 11) is 0. The van der Waals surface area contributed by atoms with Crippen molar-refractivity contribution in [3.63, 3.8) is 0 Å². The summed E-state index contributed by atoms with van der Waals surface area (Å²) < 4.78 is 4.70. The number of carbonyl (C=O) groups is 2. The minimum Gasteiger partial charge on any atom is -0.481 e. The summed E-state index contributed by atoms with van der Waals surface area (Å²) in [6.07, 6.45) is 0.557. The van der Waals surface area contributed by atoms with Crippen LogP contribution in [0.25, 0.3) is 0 Å². The summed E-state index contributed by atoms with van der Waals surface area (Å²) in [4.78, 5) is 21.1. The molecular formula is C7H9NO4. The average molecular weight is 171 g/mol. The van der Waals surface area contributed by atoms with Crippen LogP contribution in [0.4, 0.5) is 4.79 Å². The minimum atomic E-state index is -0.790. The molecule has 0 radical (unpaired) electrons. The number of amides is 1. The molecule has 5 heteroatoms. The number of cyclic esters (lactones) is 1. The average Bonchev–Trinajstić information content (AvgIpc) is 2.27. The van der Waals surface area contributed by atoms with E-state index in [0.29, 0.717) is 19.4 Å². The Bertz CT molecular complexity index is 244. The fourth-order valence-corrected chi connectivity index (χ4v) is 1.77. The normalized spacial score (nSPS) is 38.7. The van der Waals surface area contributed by atoms with Gasteiger partial charge in [-0.25, -0.2) is 4.79 Å². The van der Waals surface area contributed by atoms with E-state index in [9.17, 15) is 9.59 Å². The molecule has 2 N–H and O–H groups in total. The zero-order valence-corrected chi connectivity index (χ0v) is 6.37. The molecule has 0 atom stereocenters. The number of ether oxygens (including phenoxy) is 1. The van der Waals surface area contributed by atoms with E-state index in [4.69, 9.17) is 9.84 Å². The SMILES string of the molecule is O=C1N[C@]2(CO1)C[C@H](C(=O)O)C2. The molecule has 1 amide bonds. The van der Waals surface area contributed by atoms with Crippen molar-refractivity contribution < 1.29 is 19.4 Å². The van der Waals surface area contributed by atoms with Crippen LogP contribution in [0.5, 0.6) is 0 Å². The quantitative estimate of drug-likeness (QED) is 0.580. The first kappa shape index (κ1) is 7.39. The van der Waals surface area contributed by atoms with Crippen molar-refractivity contribution in [3.8, 4) is 0 Å². The van der Waals surface area contributed by atoms with Crippen molar-refractivity contribution in [1.29, 1.82) is 0 Å². The van der Waals surface area contributed by atoms with Crippen LogP contribution in [-0.2, 0) is 9.53 Å². The molecule has 2 rings (SSSR count). The zero-order chi connectivity index (χ0) is 8.77. The second-order valence-electron chi connectivity index (χ2n) is 3.42. The maximum atomic E-state index is 10.6. The Morgan fingerprint density at radius 3 is 2.75 bits per heavy atom. The second-order valence-corrected chi connectivity index (χ2v) is 3.42. The van der Waals surface area contributed by atoms with E-state index in [1.165, 1.54) is 0 Å². The molecule has 2 fully saturated rings. The van der Waals surface area contributed by atoms with Crippen LogP contribution < -0.4 is 5.32 Å². The molecular weight excluding hydrogens is 162 g/mol. The van der Waals surface area contributed by atoms with Gasteiger partial charge in [0.15, 0.2) is 0 Å². The van der Waals surface area contributed by atoms with Gasteiger partial charge in [-0.15, -0.1) is 0 Å². The first-order chi connectivity index (χ1) is 5.61. The van der Waals surface area contributed by atoms with Crippen LogP contribution in [0.15, 0.2) is 0 Å². The molecule has 0 bridgehead atoms. The van der Waals surface area contributed by atoms with Gasteiger partial charge in [0.2, 0.25) is 0 Å². The van der Waals surface area contributed by atoms with E-state index < -0.39 is 12.1 Å². The standard InChI is InChI=1S/C7H9NO4/c9-5(10)4-1-7(2-4)3-12-6(11)8-7/h4H,1-3H2,(H,8,11)(H,9,10)/t4-,7+. The van der Waals surface area contributed by atoms with E-state index >= 15 is 0 Å². The highest BCUT2D eigenvalue weighted by Crippen LogP contribution is 2.40. The third kappa shape index (κ3) is 0.929. The Kier molecular flexibility index (Phi) is 1.31. The van der Waals surface area contributed by atoms with Crippen LogP contribution in [-0.4, -0.2) is 29.3 Å². The van der Waals surface area contributed by atoms with Crippen molar-refractivity contribution in [1.82, 2.24) is 5.32 Å². The molecule has 0 aromatic carbocycles. The lowest BCUT2D eigenvalue weighted by Crippen LogP contribution is -2.56. The molecule has 0 aromatic heterocycles. The predicted molar refractivity (Wildman–Crippen MR) is 37.6 cm³/mol. The number of hydrogen-bond donors (Lipinski definition) is 2. The Morgan fingerprint density at radius 2 is 2.33 bits per heavy atom. The van der Waals surface area contributed by atoms with Crippen LogP contribution in [0.1, 0.15) is 12.8 Å². The van der Waals surface area contributed by atoms with E-state index in [-0.39, 0.29) is 11.5 Å². The smallest absolute Gasteiger partial charge is 0.407 e. The number of alkyl carbamates (subject to hydrolysis) is 1. The minimum absolute atomic E-state index is 0.313. The van der Waals surface area contributed by atoms with Crippen molar-refractivity contribution >= 4 is 12.1 Å². The highest BCUT2D eigenvalue weighted by atomic mass is 16.6. The summed E-state index contributed by atoms with van der Waals surface area (Å²) >= 11 is 0. The lowest BCUT2D eigenvalue weighted by molar-refractivity contribution is -0.147. The largest absolute Gasteiger partial charge is 0.481 e. The Hall–Kier alpha value is -1.26. The fraction of sp³-hybridized carbons (Fsp3) is 0.714. The molecule has 1 spiro atoms. The van der Waals surface area contributed by atoms with Crippen LogP contribution in [0.3, 0.4) is 0 Å². The van der Waals surface area contributed by atoms with Gasteiger partial charge in [-0.2, -0.15) is 0 Å². The van der Waals surface area contributed by atoms with Gasteiger partial charge in [-0.1, -0.05) is 0 Å². The van der Waals surface area contributed by atoms with Gasteiger partial charge in [0.25, 0.3) is 0 Å². The third-order valence-corrected chi connectivity index (χ3v) is 2.47. The molecule has 1 aliphatic heterocycles. The van der Waals surface area contributed by atoms with Crippen LogP contribution in [0.2, 0.25) is 0 Å². The van der Waals surface area contributed by atoms with Gasteiger partial charge in [0, 0.05) is 0 Å². The highest BCUT2D eigenvalue weighted by molar-refractivity contribution is 5.75. The van der Waals surface area contributed by atoms with Gasteiger partial charge in [0.1, 0.15) is 6.61 Å². The Morgan fingerprint density at radius 1 is 1.67 bits per heavy atom. The van der Waals surface area contributed by atoms with E-state index in [2.05, 4.69) is 5.32 Å². The zero-order valence-electron chi connectivity index (χ0n) is 6.37. The molecule has 1 saturated heterocycles. The number of hydrogen-bond acceptors (Lipinski definition) is 3. The van der Waals surface area contributed by atoms with E-state index in [1.807, 2.05) is 0 Å². The van der Waals surface area contributed by atoms with Gasteiger partial charge in [-0.05, 0) is 12.8 Å². The van der Waals surface area contributed by atoms with Gasteiger partial charge in [0.05, 0.1) is 11.5 Å². The Balaban J connectivity index is 1.95. The second kappa shape index (κ2) is 2.12. The number of aliphatic carboxylic acids is 1. The van der Waals surface area contributed by atoms with Gasteiger partial charge in [-0.3, -0.25) is 4.79 Å².